The molecule has 0 amide bonds. The van der Waals surface area contributed by atoms with Gasteiger partial charge in [-0.1, -0.05) is 0 Å². The fraction of sp³-hybridized carbons (Fsp3) is 0.857. The third-order valence-electron chi connectivity index (χ3n) is 1.47. The first-order chi connectivity index (χ1) is 6.65. The first-order valence-electron chi connectivity index (χ1n) is 4.02. The highest BCUT2D eigenvalue weighted by atomic mass is 32.2. The lowest BCUT2D eigenvalue weighted by molar-refractivity contribution is -0.156. The monoisotopic (exact) mass is 247 g/mol. The Morgan fingerprint density at radius 3 is 2.40 bits per heavy atom. The molecule has 0 aromatic heterocycles. The molecular weight excluding hydrogens is 235 g/mol. The first-order valence-corrected chi connectivity index (χ1v) is 5.01. The molecule has 1 atom stereocenters. The molecule has 0 aromatic rings. The summed E-state index contributed by atoms with van der Waals surface area (Å²) in [6.07, 6.45) is 0. The number of halogens is 3. The van der Waals surface area contributed by atoms with Gasteiger partial charge in [-0.2, -0.15) is 13.2 Å². The van der Waals surface area contributed by atoms with Gasteiger partial charge in [0.2, 0.25) is 0 Å². The zero-order valence-corrected chi connectivity index (χ0v) is 8.78. The van der Waals surface area contributed by atoms with Crippen molar-refractivity contribution in [2.24, 2.45) is 0 Å². The number of aliphatic carboxylic acids is 1. The Hall–Kier alpha value is -0.470. The van der Waals surface area contributed by atoms with Crippen LogP contribution >= 0.6 is 11.8 Å². The Kier molecular flexibility index (Phi) is 5.39. The number of rotatable bonds is 6. The summed E-state index contributed by atoms with van der Waals surface area (Å²) in [6, 6.07) is 0. The van der Waals surface area contributed by atoms with E-state index in [4.69, 9.17) is 10.2 Å². The fourth-order valence-corrected chi connectivity index (χ4v) is 1.12. The van der Waals surface area contributed by atoms with Crippen LogP contribution in [0.3, 0.4) is 0 Å². The lowest BCUT2D eigenvalue weighted by Crippen LogP contribution is -2.45. The Morgan fingerprint density at radius 1 is 1.47 bits per heavy atom. The average Bonchev–Trinajstić information content (AvgIpc) is 2.00. The molecule has 15 heavy (non-hydrogen) atoms. The number of alkyl halides is 3. The van der Waals surface area contributed by atoms with Crippen molar-refractivity contribution < 1.29 is 28.2 Å². The molecule has 0 heterocycles. The summed E-state index contributed by atoms with van der Waals surface area (Å²) in [7, 11) is 0. The van der Waals surface area contributed by atoms with Gasteiger partial charge in [-0.05, 0) is 18.7 Å². The van der Waals surface area contributed by atoms with Crippen molar-refractivity contribution in [3.8, 4) is 0 Å². The standard InChI is InChI=1S/C7H12F3NO3S/c1-6(14,5(12)13)4-11-2-3-15-7(8,9)10/h11,14H,2-4H2,1H3,(H,12,13). The van der Waals surface area contributed by atoms with Gasteiger partial charge >= 0.3 is 11.5 Å². The van der Waals surface area contributed by atoms with Gasteiger partial charge in [0.1, 0.15) is 0 Å². The van der Waals surface area contributed by atoms with Crippen molar-refractivity contribution >= 4 is 17.7 Å². The second-order valence-electron chi connectivity index (χ2n) is 3.05. The Labute approximate surface area is 88.8 Å². The molecule has 0 spiro atoms. The smallest absolute Gasteiger partial charge is 0.441 e. The first kappa shape index (κ1) is 14.5. The van der Waals surface area contributed by atoms with Gasteiger partial charge in [0.15, 0.2) is 5.60 Å². The van der Waals surface area contributed by atoms with E-state index in [1.165, 1.54) is 0 Å². The number of thioether (sulfide) groups is 1. The highest BCUT2D eigenvalue weighted by molar-refractivity contribution is 8.00. The summed E-state index contributed by atoms with van der Waals surface area (Å²) in [5.74, 6) is -1.64. The van der Waals surface area contributed by atoms with Crippen LogP contribution in [0.2, 0.25) is 0 Å². The summed E-state index contributed by atoms with van der Waals surface area (Å²) in [6.45, 7) is 0.758. The van der Waals surface area contributed by atoms with Crippen molar-refractivity contribution in [2.75, 3.05) is 18.8 Å². The molecular formula is C7H12F3NO3S. The predicted octanol–water partition coefficient (Wildman–Crippen LogP) is 0.665. The molecule has 0 saturated heterocycles. The Morgan fingerprint density at radius 2 is 2.00 bits per heavy atom. The van der Waals surface area contributed by atoms with E-state index in [0.717, 1.165) is 6.92 Å². The van der Waals surface area contributed by atoms with Gasteiger partial charge in [0, 0.05) is 18.8 Å². The minimum absolute atomic E-state index is 0.0202. The predicted molar refractivity (Wildman–Crippen MR) is 49.6 cm³/mol. The van der Waals surface area contributed by atoms with Crippen LogP contribution in [0.5, 0.6) is 0 Å². The van der Waals surface area contributed by atoms with Gasteiger partial charge < -0.3 is 15.5 Å². The molecule has 0 aliphatic carbocycles. The Bertz CT molecular complexity index is 220. The number of nitrogens with one attached hydrogen (secondary N) is 1. The van der Waals surface area contributed by atoms with E-state index in [1.54, 1.807) is 0 Å². The molecule has 3 N–H and O–H groups in total. The molecule has 0 bridgehead atoms. The third-order valence-corrected chi connectivity index (χ3v) is 2.21. The molecule has 0 fully saturated rings. The van der Waals surface area contributed by atoms with Crippen LogP contribution in [-0.2, 0) is 4.79 Å². The molecule has 0 aliphatic rings. The van der Waals surface area contributed by atoms with E-state index in [2.05, 4.69) is 5.32 Å². The zero-order chi connectivity index (χ0) is 12.1. The highest BCUT2D eigenvalue weighted by Gasteiger charge is 2.30. The van der Waals surface area contributed by atoms with Crippen LogP contribution in [0.1, 0.15) is 6.92 Å². The van der Waals surface area contributed by atoms with E-state index in [0.29, 0.717) is 0 Å². The van der Waals surface area contributed by atoms with Crippen LogP contribution in [0.15, 0.2) is 0 Å². The minimum Gasteiger partial charge on any atom is -0.479 e. The van der Waals surface area contributed by atoms with Gasteiger partial charge in [-0.3, -0.25) is 0 Å². The van der Waals surface area contributed by atoms with Crippen LogP contribution in [-0.4, -0.2) is 46.1 Å². The molecule has 0 rings (SSSR count). The summed E-state index contributed by atoms with van der Waals surface area (Å²) < 4.78 is 34.9. The number of aliphatic hydroxyl groups is 1. The van der Waals surface area contributed by atoms with Crippen LogP contribution in [0.25, 0.3) is 0 Å². The van der Waals surface area contributed by atoms with E-state index in [1.807, 2.05) is 0 Å². The fourth-order valence-electron chi connectivity index (χ4n) is 0.646. The molecule has 4 nitrogen and oxygen atoms in total. The van der Waals surface area contributed by atoms with Crippen molar-refractivity contribution in [1.82, 2.24) is 5.32 Å². The highest BCUT2D eigenvalue weighted by Crippen LogP contribution is 2.29. The maximum Gasteiger partial charge on any atom is 0.441 e. The summed E-state index contributed by atoms with van der Waals surface area (Å²) in [5, 5.41) is 20.0. The number of hydrogen-bond acceptors (Lipinski definition) is 4. The summed E-state index contributed by atoms with van der Waals surface area (Å²) in [5.41, 5.74) is -6.24. The van der Waals surface area contributed by atoms with Crippen molar-refractivity contribution in [3.63, 3.8) is 0 Å². The zero-order valence-electron chi connectivity index (χ0n) is 7.97. The van der Waals surface area contributed by atoms with Gasteiger partial charge in [0.05, 0.1) is 0 Å². The topological polar surface area (TPSA) is 69.6 Å². The summed E-state index contributed by atoms with van der Waals surface area (Å²) in [4.78, 5) is 10.4. The molecule has 0 radical (unpaired) electrons. The molecule has 1 unspecified atom stereocenters. The second kappa shape index (κ2) is 5.57. The largest absolute Gasteiger partial charge is 0.479 e. The van der Waals surface area contributed by atoms with Gasteiger partial charge in [-0.15, -0.1) is 0 Å². The third kappa shape index (κ3) is 7.46. The molecule has 8 heteroatoms. The molecule has 0 aromatic carbocycles. The normalized spacial score (nSPS) is 16.1. The SMILES string of the molecule is CC(O)(CNCCSC(F)(F)F)C(=O)O. The van der Waals surface area contributed by atoms with E-state index in [9.17, 15) is 18.0 Å². The van der Waals surface area contributed by atoms with E-state index < -0.39 is 17.1 Å². The number of carboxylic acid groups (broad SMARTS) is 1. The molecule has 90 valence electrons. The van der Waals surface area contributed by atoms with Crippen LogP contribution in [0, 0.1) is 0 Å². The van der Waals surface area contributed by atoms with Crippen LogP contribution < -0.4 is 5.32 Å². The number of carbonyl (C=O) groups is 1. The van der Waals surface area contributed by atoms with Gasteiger partial charge in [-0.25, -0.2) is 4.79 Å². The quantitative estimate of drug-likeness (QED) is 0.602. The average molecular weight is 247 g/mol. The van der Waals surface area contributed by atoms with E-state index in [-0.39, 0.29) is 30.6 Å². The Balaban J connectivity index is 3.60. The number of hydrogen-bond donors (Lipinski definition) is 3. The lowest BCUT2D eigenvalue weighted by atomic mass is 10.1. The van der Waals surface area contributed by atoms with Crippen molar-refractivity contribution in [2.45, 2.75) is 18.0 Å². The summed E-state index contributed by atoms with van der Waals surface area (Å²) >= 11 is -0.199. The van der Waals surface area contributed by atoms with E-state index >= 15 is 0 Å². The second-order valence-corrected chi connectivity index (χ2v) is 4.21. The lowest BCUT2D eigenvalue weighted by Gasteiger charge is -2.18. The molecule has 0 saturated carbocycles. The van der Waals surface area contributed by atoms with Crippen molar-refractivity contribution in [1.29, 1.82) is 0 Å². The van der Waals surface area contributed by atoms with Crippen LogP contribution in [0.4, 0.5) is 13.2 Å². The maximum absolute atomic E-state index is 11.6. The van der Waals surface area contributed by atoms with Gasteiger partial charge in [0.25, 0.3) is 0 Å². The van der Waals surface area contributed by atoms with Crippen molar-refractivity contribution in [3.05, 3.63) is 0 Å². The maximum atomic E-state index is 11.6. The number of carboxylic acids is 1. The minimum atomic E-state index is -4.28. The molecule has 0 aliphatic heterocycles.